The van der Waals surface area contributed by atoms with Gasteiger partial charge in [-0.15, -0.1) is 11.3 Å². The first-order chi connectivity index (χ1) is 26.2. The van der Waals surface area contributed by atoms with E-state index in [1.165, 1.54) is 31.6 Å². The number of hydrogen-bond acceptors (Lipinski definition) is 5. The summed E-state index contributed by atoms with van der Waals surface area (Å²) < 4.78 is 2.37. The van der Waals surface area contributed by atoms with E-state index in [4.69, 9.17) is 19.9 Å². The molecule has 11 rings (SSSR count). The fraction of sp³-hybridized carbons (Fsp3) is 0. The second-order valence-corrected chi connectivity index (χ2v) is 14.5. The largest absolute Gasteiger partial charge is 0.247 e. The minimum Gasteiger partial charge on any atom is -0.247 e. The van der Waals surface area contributed by atoms with Gasteiger partial charge in [0.1, 0.15) is 0 Å². The molecule has 0 aliphatic heterocycles. The molecule has 3 aromatic heterocycles. The van der Waals surface area contributed by atoms with Gasteiger partial charge in [-0.1, -0.05) is 140 Å². The maximum Gasteiger partial charge on any atom is 0.165 e. The van der Waals surface area contributed by atoms with E-state index < -0.39 is 0 Å². The molecule has 0 radical (unpaired) electrons. The van der Waals surface area contributed by atoms with Crippen LogP contribution in [0.2, 0.25) is 0 Å². The Morgan fingerprint density at radius 2 is 0.962 bits per heavy atom. The lowest BCUT2D eigenvalue weighted by atomic mass is 9.96. The molecule has 53 heavy (non-hydrogen) atoms. The molecule has 0 spiro atoms. The van der Waals surface area contributed by atoms with Crippen molar-refractivity contribution in [3.05, 3.63) is 170 Å². The number of aromatic nitrogens is 4. The number of fused-ring (bicyclic) bond motifs is 9. The molecule has 0 aliphatic carbocycles. The Kier molecular flexibility index (Phi) is 6.69. The van der Waals surface area contributed by atoms with Crippen LogP contribution in [-0.2, 0) is 0 Å². The molecule has 0 aliphatic rings. The number of thiophene rings is 1. The van der Waals surface area contributed by atoms with Crippen LogP contribution in [0.1, 0.15) is 0 Å². The van der Waals surface area contributed by atoms with Crippen LogP contribution in [-0.4, -0.2) is 19.9 Å². The molecule has 11 aromatic rings. The van der Waals surface area contributed by atoms with E-state index in [-0.39, 0.29) is 0 Å². The van der Waals surface area contributed by atoms with Crippen molar-refractivity contribution in [2.75, 3.05) is 0 Å². The van der Waals surface area contributed by atoms with Crippen LogP contribution in [0.3, 0.4) is 0 Å². The average Bonchev–Trinajstić information content (AvgIpc) is 3.62. The quantitative estimate of drug-likeness (QED) is 0.172. The highest BCUT2D eigenvalue weighted by Crippen LogP contribution is 2.46. The molecule has 5 heteroatoms. The average molecular weight is 693 g/mol. The Morgan fingerprint density at radius 3 is 1.68 bits per heavy atom. The fourth-order valence-electron chi connectivity index (χ4n) is 7.73. The van der Waals surface area contributed by atoms with Gasteiger partial charge in [0, 0.05) is 58.6 Å². The Morgan fingerprint density at radius 1 is 0.358 bits per heavy atom. The minimum absolute atomic E-state index is 0.650. The lowest BCUT2D eigenvalue weighted by Crippen LogP contribution is -2.00. The zero-order chi connectivity index (χ0) is 34.9. The molecular weight excluding hydrogens is 665 g/mol. The summed E-state index contributed by atoms with van der Waals surface area (Å²) in [6.07, 6.45) is 0. The predicted molar refractivity (Wildman–Crippen MR) is 222 cm³/mol. The van der Waals surface area contributed by atoms with Gasteiger partial charge in [-0.3, -0.25) is 0 Å². The van der Waals surface area contributed by atoms with Crippen LogP contribution in [0.4, 0.5) is 0 Å². The van der Waals surface area contributed by atoms with Gasteiger partial charge in [-0.05, 0) is 51.9 Å². The van der Waals surface area contributed by atoms with Crippen molar-refractivity contribution in [3.63, 3.8) is 0 Å². The van der Waals surface area contributed by atoms with Crippen molar-refractivity contribution in [1.82, 2.24) is 19.9 Å². The van der Waals surface area contributed by atoms with Crippen molar-refractivity contribution < 1.29 is 0 Å². The lowest BCUT2D eigenvalue weighted by Gasteiger charge is -2.12. The predicted octanol–water partition coefficient (Wildman–Crippen LogP) is 12.9. The standard InChI is InChI=1S/C48H28N4S/c1-2-13-31(14-3-1)44-37-25-26-41-43(42(37)36-17-8-9-20-40(36)49-44)38-18-10-19-39(45(38)53-41)48-51-46(34-23-21-29-11-4-6-15-32(29)27-34)50-47(52-48)35-24-22-30-12-5-7-16-33(30)28-35/h1-28H. The fourth-order valence-corrected chi connectivity index (χ4v) is 8.95. The van der Waals surface area contributed by atoms with E-state index in [1.807, 2.05) is 0 Å². The Balaban J connectivity index is 1.18. The third kappa shape index (κ3) is 4.90. The summed E-state index contributed by atoms with van der Waals surface area (Å²) in [6, 6.07) is 59.7. The van der Waals surface area contributed by atoms with Gasteiger partial charge in [0.25, 0.3) is 0 Å². The molecule has 0 saturated heterocycles. The SMILES string of the molecule is c1ccc(-c2nc3ccccc3c3c2ccc2sc4c(-c5nc(-c6ccc7ccccc7c6)nc(-c6ccc7ccccc7c6)n5)cccc4c23)cc1. The maximum atomic E-state index is 5.23. The molecule has 3 heterocycles. The van der Waals surface area contributed by atoms with E-state index in [0.29, 0.717) is 17.5 Å². The zero-order valence-corrected chi connectivity index (χ0v) is 29.2. The normalized spacial score (nSPS) is 11.8. The molecule has 0 N–H and O–H groups in total. The van der Waals surface area contributed by atoms with E-state index in [9.17, 15) is 0 Å². The molecular formula is C48H28N4S. The summed E-state index contributed by atoms with van der Waals surface area (Å²) in [5, 5.41) is 10.6. The molecule has 0 atom stereocenters. The van der Waals surface area contributed by atoms with Gasteiger partial charge >= 0.3 is 0 Å². The number of pyridine rings is 1. The monoisotopic (exact) mass is 692 g/mol. The van der Waals surface area contributed by atoms with Gasteiger partial charge in [-0.2, -0.15) is 0 Å². The highest BCUT2D eigenvalue weighted by atomic mass is 32.1. The first-order valence-corrected chi connectivity index (χ1v) is 18.5. The molecule has 8 aromatic carbocycles. The molecule has 246 valence electrons. The van der Waals surface area contributed by atoms with Crippen LogP contribution in [0.15, 0.2) is 170 Å². The maximum absolute atomic E-state index is 5.23. The summed E-state index contributed by atoms with van der Waals surface area (Å²) in [5.41, 5.74) is 5.99. The lowest BCUT2D eigenvalue weighted by molar-refractivity contribution is 1.08. The van der Waals surface area contributed by atoms with E-state index in [1.54, 1.807) is 11.3 Å². The summed E-state index contributed by atoms with van der Waals surface area (Å²) in [6.45, 7) is 0. The summed E-state index contributed by atoms with van der Waals surface area (Å²) in [4.78, 5) is 20.8. The van der Waals surface area contributed by atoms with E-state index in [2.05, 4.69) is 170 Å². The highest BCUT2D eigenvalue weighted by Gasteiger charge is 2.20. The summed E-state index contributed by atoms with van der Waals surface area (Å²) in [7, 11) is 0. The van der Waals surface area contributed by atoms with Crippen LogP contribution in [0, 0.1) is 0 Å². The second-order valence-electron chi connectivity index (χ2n) is 13.4. The van der Waals surface area contributed by atoms with Gasteiger partial charge in [0.05, 0.1) is 11.2 Å². The van der Waals surface area contributed by atoms with Crippen molar-refractivity contribution in [2.45, 2.75) is 0 Å². The van der Waals surface area contributed by atoms with Gasteiger partial charge in [0.2, 0.25) is 0 Å². The van der Waals surface area contributed by atoms with Crippen LogP contribution in [0.25, 0.3) is 109 Å². The highest BCUT2D eigenvalue weighted by molar-refractivity contribution is 7.26. The van der Waals surface area contributed by atoms with Crippen LogP contribution < -0.4 is 0 Å². The summed E-state index contributed by atoms with van der Waals surface area (Å²) in [5.74, 6) is 1.96. The Labute approximate surface area is 308 Å². The number of rotatable bonds is 4. The Hall–Kier alpha value is -6.82. The van der Waals surface area contributed by atoms with Gasteiger partial charge < -0.3 is 0 Å². The van der Waals surface area contributed by atoms with Gasteiger partial charge in [-0.25, -0.2) is 19.9 Å². The third-order valence-corrected chi connectivity index (χ3v) is 11.5. The molecule has 4 nitrogen and oxygen atoms in total. The number of para-hydroxylation sites is 1. The molecule has 0 fully saturated rings. The topological polar surface area (TPSA) is 51.6 Å². The van der Waals surface area contributed by atoms with Crippen molar-refractivity contribution >= 4 is 74.7 Å². The van der Waals surface area contributed by atoms with Crippen LogP contribution in [0.5, 0.6) is 0 Å². The van der Waals surface area contributed by atoms with Crippen molar-refractivity contribution in [1.29, 1.82) is 0 Å². The van der Waals surface area contributed by atoms with Crippen molar-refractivity contribution in [2.24, 2.45) is 0 Å². The van der Waals surface area contributed by atoms with Crippen molar-refractivity contribution in [3.8, 4) is 45.4 Å². The second kappa shape index (κ2) is 11.9. The molecule has 0 amide bonds. The first-order valence-electron chi connectivity index (χ1n) is 17.7. The number of hydrogen-bond donors (Lipinski definition) is 0. The van der Waals surface area contributed by atoms with Gasteiger partial charge in [0.15, 0.2) is 17.5 Å². The van der Waals surface area contributed by atoms with Crippen LogP contribution >= 0.6 is 11.3 Å². The molecule has 0 bridgehead atoms. The summed E-state index contributed by atoms with van der Waals surface area (Å²) >= 11 is 1.79. The zero-order valence-electron chi connectivity index (χ0n) is 28.4. The smallest absolute Gasteiger partial charge is 0.165 e. The number of benzene rings is 8. The molecule has 0 unspecified atom stereocenters. The Bertz CT molecular complexity index is 3140. The third-order valence-electron chi connectivity index (χ3n) is 10.3. The first kappa shape index (κ1) is 29.9. The van der Waals surface area contributed by atoms with E-state index >= 15 is 0 Å². The molecule has 0 saturated carbocycles. The van der Waals surface area contributed by atoms with E-state index in [0.717, 1.165) is 59.7 Å². The minimum atomic E-state index is 0.650. The number of nitrogens with zero attached hydrogens (tertiary/aromatic N) is 4.